The zero-order valence-electron chi connectivity index (χ0n) is 4.92. The van der Waals surface area contributed by atoms with E-state index in [1.165, 1.54) is 18.8 Å². The van der Waals surface area contributed by atoms with Gasteiger partial charge in [-0.3, -0.25) is 10.0 Å². The fourth-order valence-electron chi connectivity index (χ4n) is 0.217. The molecular weight excluding hydrogens is 126 g/mol. The molecule has 0 radical (unpaired) electrons. The second-order valence-corrected chi connectivity index (χ2v) is 2.22. The van der Waals surface area contributed by atoms with Crippen molar-refractivity contribution in [2.75, 3.05) is 19.1 Å². The van der Waals surface area contributed by atoms with Crippen molar-refractivity contribution in [3.8, 4) is 0 Å². The fourth-order valence-corrected chi connectivity index (χ4v) is 0.651. The third kappa shape index (κ3) is 2.87. The van der Waals surface area contributed by atoms with Gasteiger partial charge >= 0.3 is 0 Å². The number of nitrogens with zero attached hydrogens (tertiary/aromatic N) is 1. The lowest BCUT2D eigenvalue weighted by Gasteiger charge is -2.04. The highest BCUT2D eigenvalue weighted by molar-refractivity contribution is 7.99. The highest BCUT2D eigenvalue weighted by atomic mass is 32.2. The highest BCUT2D eigenvalue weighted by Crippen LogP contribution is 1.91. The third-order valence-corrected chi connectivity index (χ3v) is 1.16. The fraction of sp³-hybridized carbons (Fsp3) is 0.750. The van der Waals surface area contributed by atoms with Crippen molar-refractivity contribution in [2.45, 2.75) is 0 Å². The molecule has 0 spiro atoms. The lowest BCUT2D eigenvalue weighted by molar-refractivity contribution is -0.155. The Bertz CT molecular complexity index is 84.1. The average Bonchev–Trinajstić information content (AvgIpc) is 1.67. The van der Waals surface area contributed by atoms with Crippen LogP contribution >= 0.6 is 11.8 Å². The molecule has 0 saturated heterocycles. The number of carbonyl (C=O) groups is 1. The maximum atomic E-state index is 10.4. The van der Waals surface area contributed by atoms with Crippen molar-refractivity contribution in [1.82, 2.24) is 5.06 Å². The molecule has 0 aliphatic carbocycles. The Morgan fingerprint density at radius 1 is 1.88 bits per heavy atom. The van der Waals surface area contributed by atoms with Crippen LogP contribution < -0.4 is 0 Å². The number of hydrogen-bond donors (Lipinski definition) is 1. The van der Waals surface area contributed by atoms with Crippen LogP contribution in [0.1, 0.15) is 0 Å². The molecule has 0 unspecified atom stereocenters. The molecule has 0 aliphatic heterocycles. The highest BCUT2D eigenvalue weighted by Gasteiger charge is 2.01. The van der Waals surface area contributed by atoms with E-state index in [2.05, 4.69) is 0 Å². The van der Waals surface area contributed by atoms with Crippen LogP contribution in [0.5, 0.6) is 0 Å². The second-order valence-electron chi connectivity index (χ2n) is 1.35. The van der Waals surface area contributed by atoms with Crippen LogP contribution in [0.4, 0.5) is 0 Å². The van der Waals surface area contributed by atoms with E-state index in [0.717, 1.165) is 0 Å². The lowest BCUT2D eigenvalue weighted by Crippen LogP contribution is -2.23. The van der Waals surface area contributed by atoms with Gasteiger partial charge in [0.2, 0.25) is 0 Å². The zero-order valence-corrected chi connectivity index (χ0v) is 5.73. The van der Waals surface area contributed by atoms with Crippen LogP contribution in [0.15, 0.2) is 0 Å². The molecule has 8 heavy (non-hydrogen) atoms. The van der Waals surface area contributed by atoms with Crippen LogP contribution in [0.3, 0.4) is 0 Å². The minimum atomic E-state index is -0.266. The Balaban J connectivity index is 3.33. The third-order valence-electron chi connectivity index (χ3n) is 0.629. The number of carbonyl (C=O) groups excluding carboxylic acids is 1. The van der Waals surface area contributed by atoms with Gasteiger partial charge < -0.3 is 0 Å². The van der Waals surface area contributed by atoms with Crippen molar-refractivity contribution in [2.24, 2.45) is 0 Å². The summed E-state index contributed by atoms with van der Waals surface area (Å²) < 4.78 is 0. The van der Waals surface area contributed by atoms with E-state index in [1.54, 1.807) is 6.26 Å². The first-order valence-electron chi connectivity index (χ1n) is 2.13. The molecule has 48 valence electrons. The number of hydroxylamine groups is 2. The Kier molecular flexibility index (Phi) is 3.64. The van der Waals surface area contributed by atoms with E-state index in [9.17, 15) is 4.79 Å². The van der Waals surface area contributed by atoms with Crippen molar-refractivity contribution < 1.29 is 10.0 Å². The van der Waals surface area contributed by atoms with Crippen molar-refractivity contribution in [3.05, 3.63) is 0 Å². The second kappa shape index (κ2) is 3.74. The van der Waals surface area contributed by atoms with Crippen LogP contribution in [0.2, 0.25) is 0 Å². The van der Waals surface area contributed by atoms with E-state index in [1.807, 2.05) is 0 Å². The van der Waals surface area contributed by atoms with Gasteiger partial charge in [-0.25, -0.2) is 5.06 Å². The standard InChI is InChI=1S/C4H9NO2S/c1-5(7)4(6)3-8-2/h7H,3H2,1-2H3. The molecule has 1 amide bonds. The average molecular weight is 135 g/mol. The van der Waals surface area contributed by atoms with Gasteiger partial charge in [0.1, 0.15) is 0 Å². The first kappa shape index (κ1) is 7.78. The van der Waals surface area contributed by atoms with Gasteiger partial charge in [-0.15, -0.1) is 0 Å². The Morgan fingerprint density at radius 3 is 2.50 bits per heavy atom. The molecule has 0 heterocycles. The van der Waals surface area contributed by atoms with Crippen molar-refractivity contribution in [1.29, 1.82) is 0 Å². The SMILES string of the molecule is CSCC(=O)N(C)O. The first-order chi connectivity index (χ1) is 3.68. The van der Waals surface area contributed by atoms with E-state index in [0.29, 0.717) is 10.8 Å². The number of hydrogen-bond acceptors (Lipinski definition) is 3. The summed E-state index contributed by atoms with van der Waals surface area (Å²) in [6.45, 7) is 0. The number of thioether (sulfide) groups is 1. The Hall–Kier alpha value is -0.220. The topological polar surface area (TPSA) is 40.5 Å². The van der Waals surface area contributed by atoms with Gasteiger partial charge in [0.15, 0.2) is 0 Å². The summed E-state index contributed by atoms with van der Waals surface area (Å²) >= 11 is 1.39. The molecule has 3 nitrogen and oxygen atoms in total. The summed E-state index contributed by atoms with van der Waals surface area (Å²) in [5.74, 6) is 0.0741. The summed E-state index contributed by atoms with van der Waals surface area (Å²) in [6, 6.07) is 0. The molecule has 0 aliphatic rings. The predicted molar refractivity (Wildman–Crippen MR) is 32.9 cm³/mol. The first-order valence-corrected chi connectivity index (χ1v) is 3.52. The summed E-state index contributed by atoms with van der Waals surface area (Å²) in [7, 11) is 1.32. The lowest BCUT2D eigenvalue weighted by atomic mass is 10.7. The largest absolute Gasteiger partial charge is 0.286 e. The van der Waals surface area contributed by atoms with E-state index in [-0.39, 0.29) is 5.91 Å². The normalized spacial score (nSPS) is 8.88. The van der Waals surface area contributed by atoms with Gasteiger partial charge in [0.05, 0.1) is 5.75 Å². The van der Waals surface area contributed by atoms with E-state index in [4.69, 9.17) is 5.21 Å². The molecule has 0 atom stereocenters. The van der Waals surface area contributed by atoms with Gasteiger partial charge in [0, 0.05) is 7.05 Å². The monoisotopic (exact) mass is 135 g/mol. The summed E-state index contributed by atoms with van der Waals surface area (Å²) in [5, 5.41) is 9.02. The van der Waals surface area contributed by atoms with Gasteiger partial charge in [-0.1, -0.05) is 0 Å². The molecular formula is C4H9NO2S. The molecule has 0 fully saturated rings. The maximum Gasteiger partial charge on any atom is 0.255 e. The van der Waals surface area contributed by atoms with Crippen LogP contribution in [-0.2, 0) is 4.79 Å². The number of amides is 1. The van der Waals surface area contributed by atoms with Crippen LogP contribution in [0, 0.1) is 0 Å². The van der Waals surface area contributed by atoms with Gasteiger partial charge in [0.25, 0.3) is 5.91 Å². The zero-order chi connectivity index (χ0) is 6.57. The smallest absolute Gasteiger partial charge is 0.255 e. The van der Waals surface area contributed by atoms with Crippen molar-refractivity contribution in [3.63, 3.8) is 0 Å². The summed E-state index contributed by atoms with van der Waals surface area (Å²) in [6.07, 6.45) is 1.81. The number of rotatable bonds is 2. The molecule has 0 rings (SSSR count). The minimum Gasteiger partial charge on any atom is -0.286 e. The van der Waals surface area contributed by atoms with Crippen LogP contribution in [-0.4, -0.2) is 35.2 Å². The molecule has 4 heteroatoms. The van der Waals surface area contributed by atoms with E-state index >= 15 is 0 Å². The van der Waals surface area contributed by atoms with E-state index < -0.39 is 0 Å². The van der Waals surface area contributed by atoms with Crippen LogP contribution in [0.25, 0.3) is 0 Å². The Morgan fingerprint density at radius 2 is 2.38 bits per heavy atom. The summed E-state index contributed by atoms with van der Waals surface area (Å²) in [4.78, 5) is 10.4. The predicted octanol–water partition coefficient (Wildman–Crippen LogP) is 0.197. The molecule has 1 N–H and O–H groups in total. The van der Waals surface area contributed by atoms with Gasteiger partial charge in [-0.2, -0.15) is 11.8 Å². The quantitative estimate of drug-likeness (QED) is 0.434. The molecule has 0 aromatic rings. The minimum absolute atomic E-state index is 0.266. The molecule has 0 saturated carbocycles. The molecule has 0 aromatic carbocycles. The maximum absolute atomic E-state index is 10.4. The van der Waals surface area contributed by atoms with Crippen molar-refractivity contribution >= 4 is 17.7 Å². The van der Waals surface area contributed by atoms with Gasteiger partial charge in [-0.05, 0) is 6.26 Å². The summed E-state index contributed by atoms with van der Waals surface area (Å²) in [5.41, 5.74) is 0. The molecule has 0 aromatic heterocycles. The molecule has 0 bridgehead atoms. The Labute approximate surface area is 52.6 Å².